The first-order chi connectivity index (χ1) is 14.6. The number of fused-ring (bicyclic) bond motifs is 2. The largest absolute Gasteiger partial charge is 0.487 e. The lowest BCUT2D eigenvalue weighted by molar-refractivity contribution is -0.142. The van der Waals surface area contributed by atoms with Crippen molar-refractivity contribution >= 4 is 28.9 Å². The van der Waals surface area contributed by atoms with Gasteiger partial charge in [-0.3, -0.25) is 14.5 Å². The molecule has 1 fully saturated rings. The number of amides is 1. The molecule has 3 heterocycles. The van der Waals surface area contributed by atoms with Gasteiger partial charge in [-0.2, -0.15) is 0 Å². The Morgan fingerprint density at radius 2 is 2.07 bits per heavy atom. The highest BCUT2D eigenvalue weighted by atomic mass is 16.5. The number of carboxylic acid groups (broad SMARTS) is 1. The number of nitrogens with one attached hydrogen (secondary N) is 1. The lowest BCUT2D eigenvalue weighted by Gasteiger charge is -2.20. The van der Waals surface area contributed by atoms with Crippen LogP contribution in [0.25, 0.3) is 11.3 Å². The van der Waals surface area contributed by atoms with Crippen LogP contribution in [0.1, 0.15) is 41.5 Å². The Morgan fingerprint density at radius 1 is 1.20 bits per heavy atom. The number of carbonyl (C=O) groups excluding carboxylic acids is 1. The van der Waals surface area contributed by atoms with E-state index < -0.39 is 5.97 Å². The molecule has 154 valence electrons. The summed E-state index contributed by atoms with van der Waals surface area (Å²) in [7, 11) is 0. The molecule has 2 N–H and O–H groups in total. The molecular weight excluding hydrogens is 380 g/mol. The molecule has 2 aromatic rings. The van der Waals surface area contributed by atoms with Crippen molar-refractivity contribution in [3.05, 3.63) is 64.7 Å². The third-order valence-corrected chi connectivity index (χ3v) is 6.24. The van der Waals surface area contributed by atoms with Gasteiger partial charge in [-0.1, -0.05) is 36.4 Å². The molecule has 1 saturated heterocycles. The van der Waals surface area contributed by atoms with E-state index in [1.54, 1.807) is 0 Å². The first kappa shape index (κ1) is 18.9. The fraction of sp³-hybridized carbons (Fsp3) is 0.333. The van der Waals surface area contributed by atoms with Crippen LogP contribution in [0.3, 0.4) is 0 Å². The Kier molecular flexibility index (Phi) is 4.79. The van der Waals surface area contributed by atoms with Crippen molar-refractivity contribution in [1.29, 1.82) is 0 Å². The zero-order valence-electron chi connectivity index (χ0n) is 16.7. The van der Waals surface area contributed by atoms with Crippen LogP contribution >= 0.6 is 0 Å². The number of rotatable bonds is 5. The molecule has 30 heavy (non-hydrogen) atoms. The topological polar surface area (TPSA) is 78.9 Å². The number of carboxylic acids is 1. The Balaban J connectivity index is 1.32. The van der Waals surface area contributed by atoms with Gasteiger partial charge in [0.25, 0.3) is 5.91 Å². The zero-order chi connectivity index (χ0) is 20.7. The Morgan fingerprint density at radius 3 is 2.93 bits per heavy atom. The van der Waals surface area contributed by atoms with Crippen molar-refractivity contribution in [2.75, 3.05) is 18.4 Å². The highest BCUT2D eigenvalue weighted by molar-refractivity contribution is 6.36. The molecule has 0 spiro atoms. The summed E-state index contributed by atoms with van der Waals surface area (Å²) in [6, 6.07) is 13.6. The fourth-order valence-corrected chi connectivity index (χ4v) is 4.78. The molecule has 0 saturated carbocycles. The third kappa shape index (κ3) is 3.27. The number of ether oxygens (including phenoxy) is 1. The lowest BCUT2D eigenvalue weighted by atomic mass is 9.98. The van der Waals surface area contributed by atoms with Crippen LogP contribution in [0.4, 0.5) is 5.69 Å². The van der Waals surface area contributed by atoms with E-state index in [9.17, 15) is 14.7 Å². The van der Waals surface area contributed by atoms with Gasteiger partial charge in [-0.05, 0) is 50.4 Å². The Labute approximate surface area is 175 Å². The molecule has 0 aromatic heterocycles. The molecule has 6 heteroatoms. The molecule has 3 aliphatic heterocycles. The molecule has 0 aliphatic carbocycles. The van der Waals surface area contributed by atoms with Gasteiger partial charge in [0.2, 0.25) is 0 Å². The summed E-state index contributed by atoms with van der Waals surface area (Å²) in [5.41, 5.74) is 5.59. The highest BCUT2D eigenvalue weighted by Gasteiger charge is 2.32. The summed E-state index contributed by atoms with van der Waals surface area (Å²) < 4.78 is 5.96. The average Bonchev–Trinajstić information content (AvgIpc) is 3.44. The van der Waals surface area contributed by atoms with Crippen LogP contribution in [-0.4, -0.2) is 41.0 Å². The monoisotopic (exact) mass is 404 g/mol. The number of nitrogens with zero attached hydrogens (tertiary/aromatic N) is 1. The molecule has 5 rings (SSSR count). The van der Waals surface area contributed by atoms with Gasteiger partial charge >= 0.3 is 5.97 Å². The predicted octanol–water partition coefficient (Wildman–Crippen LogP) is 3.52. The van der Waals surface area contributed by atoms with Crippen LogP contribution < -0.4 is 5.32 Å². The van der Waals surface area contributed by atoms with E-state index >= 15 is 0 Å². The smallest absolute Gasteiger partial charge is 0.320 e. The van der Waals surface area contributed by atoms with Crippen LogP contribution in [0.5, 0.6) is 0 Å². The average molecular weight is 404 g/mol. The van der Waals surface area contributed by atoms with E-state index in [2.05, 4.69) is 22.3 Å². The van der Waals surface area contributed by atoms with Crippen molar-refractivity contribution < 1.29 is 19.4 Å². The fourth-order valence-electron chi connectivity index (χ4n) is 4.78. The minimum atomic E-state index is -0.708. The zero-order valence-corrected chi connectivity index (χ0v) is 16.7. The van der Waals surface area contributed by atoms with E-state index in [0.717, 1.165) is 61.2 Å². The molecular formula is C24H24N2O4. The van der Waals surface area contributed by atoms with E-state index in [0.29, 0.717) is 17.9 Å². The summed E-state index contributed by atoms with van der Waals surface area (Å²) in [5, 5.41) is 12.2. The molecule has 6 nitrogen and oxygen atoms in total. The van der Waals surface area contributed by atoms with Crippen LogP contribution in [0.2, 0.25) is 0 Å². The van der Waals surface area contributed by atoms with E-state index in [1.807, 2.05) is 30.3 Å². The maximum absolute atomic E-state index is 12.5. The second-order valence-corrected chi connectivity index (χ2v) is 8.12. The molecule has 1 atom stereocenters. The SMILES string of the molecule is O=C1Nc2ccccc2/C1=C1\OCc2cc(CCCN3CCCC3C(=O)O)ccc21. The number of para-hydroxylation sites is 1. The molecule has 1 unspecified atom stereocenters. The van der Waals surface area contributed by atoms with Crippen LogP contribution in [0.15, 0.2) is 42.5 Å². The normalized spacial score (nSPS) is 22.5. The van der Waals surface area contributed by atoms with Crippen molar-refractivity contribution in [2.24, 2.45) is 0 Å². The van der Waals surface area contributed by atoms with E-state index in [-0.39, 0.29) is 11.9 Å². The van der Waals surface area contributed by atoms with Gasteiger partial charge in [-0.15, -0.1) is 0 Å². The quantitative estimate of drug-likeness (QED) is 0.746. The number of anilines is 1. The number of benzene rings is 2. The van der Waals surface area contributed by atoms with Gasteiger partial charge in [0, 0.05) is 22.4 Å². The van der Waals surface area contributed by atoms with Crippen molar-refractivity contribution in [1.82, 2.24) is 4.90 Å². The third-order valence-electron chi connectivity index (χ3n) is 6.24. The number of hydrogen-bond donors (Lipinski definition) is 2. The second-order valence-electron chi connectivity index (χ2n) is 8.12. The predicted molar refractivity (Wildman–Crippen MR) is 114 cm³/mol. The lowest BCUT2D eigenvalue weighted by Crippen LogP contribution is -2.36. The molecule has 0 bridgehead atoms. The van der Waals surface area contributed by atoms with Crippen molar-refractivity contribution in [2.45, 2.75) is 38.3 Å². The minimum Gasteiger partial charge on any atom is -0.487 e. The van der Waals surface area contributed by atoms with Crippen molar-refractivity contribution in [3.8, 4) is 0 Å². The summed E-state index contributed by atoms with van der Waals surface area (Å²) in [4.78, 5) is 25.9. The van der Waals surface area contributed by atoms with Crippen molar-refractivity contribution in [3.63, 3.8) is 0 Å². The first-order valence-electron chi connectivity index (χ1n) is 10.5. The van der Waals surface area contributed by atoms with Gasteiger partial charge in [0.05, 0.1) is 5.57 Å². The number of aryl methyl sites for hydroxylation is 1. The van der Waals surface area contributed by atoms with Gasteiger partial charge in [0.15, 0.2) is 0 Å². The summed E-state index contributed by atoms with van der Waals surface area (Å²) in [6.07, 6.45) is 3.53. The van der Waals surface area contributed by atoms with Crippen LogP contribution in [0, 0.1) is 0 Å². The minimum absolute atomic E-state index is 0.123. The maximum Gasteiger partial charge on any atom is 0.320 e. The summed E-state index contributed by atoms with van der Waals surface area (Å²) >= 11 is 0. The Bertz CT molecular complexity index is 1060. The summed E-state index contributed by atoms with van der Waals surface area (Å²) in [5.74, 6) is -0.178. The number of aliphatic carboxylic acids is 1. The summed E-state index contributed by atoms with van der Waals surface area (Å²) in [6.45, 7) is 2.14. The van der Waals surface area contributed by atoms with Gasteiger partial charge in [0.1, 0.15) is 18.4 Å². The number of likely N-dealkylation sites (tertiary alicyclic amines) is 1. The van der Waals surface area contributed by atoms with E-state index in [4.69, 9.17) is 4.74 Å². The van der Waals surface area contributed by atoms with Gasteiger partial charge in [-0.25, -0.2) is 0 Å². The standard InChI is InChI=1S/C24H24N2O4/c27-23-21(18-6-1-2-7-19(18)25-23)22-17-10-9-15(13-16(17)14-30-22)5-3-11-26-12-4-8-20(26)24(28)29/h1-2,6-7,9-10,13,20H,3-5,8,11-12,14H2,(H,25,27)(H,28,29)/b22-21+. The van der Waals surface area contributed by atoms with E-state index in [1.165, 1.54) is 5.56 Å². The maximum atomic E-state index is 12.5. The second kappa shape index (κ2) is 7.61. The molecule has 3 aliphatic rings. The van der Waals surface area contributed by atoms with Gasteiger partial charge < -0.3 is 15.2 Å². The molecule has 2 aromatic carbocycles. The number of hydrogen-bond acceptors (Lipinski definition) is 4. The molecule has 0 radical (unpaired) electrons. The molecule has 1 amide bonds. The number of carbonyl (C=O) groups is 2. The first-order valence-corrected chi connectivity index (χ1v) is 10.5. The Hall–Kier alpha value is -3.12. The van der Waals surface area contributed by atoms with Crippen LogP contribution in [-0.2, 0) is 27.4 Å². The highest BCUT2D eigenvalue weighted by Crippen LogP contribution is 2.41.